The van der Waals surface area contributed by atoms with Crippen molar-refractivity contribution in [2.24, 2.45) is 12.8 Å². The molecule has 4 amide bonds. The molecule has 2 heterocycles. The third-order valence-electron chi connectivity index (χ3n) is 8.44. The lowest BCUT2D eigenvalue weighted by Gasteiger charge is -2.27. The van der Waals surface area contributed by atoms with Gasteiger partial charge in [0, 0.05) is 31.0 Å². The van der Waals surface area contributed by atoms with Crippen LogP contribution >= 0.6 is 0 Å². The van der Waals surface area contributed by atoms with Crippen molar-refractivity contribution < 1.29 is 38.1 Å². The number of benzene rings is 2. The molecule has 14 heteroatoms. The van der Waals surface area contributed by atoms with E-state index in [1.54, 1.807) is 46.0 Å². The van der Waals surface area contributed by atoms with E-state index in [1.807, 2.05) is 31.2 Å². The molecule has 3 aromatic rings. The average molecular weight is 744 g/mol. The summed E-state index contributed by atoms with van der Waals surface area (Å²) in [4.78, 5) is 60.5. The van der Waals surface area contributed by atoms with E-state index in [1.165, 1.54) is 9.13 Å². The number of nitrogens with zero attached hydrogens (tertiary/aromatic N) is 2. The molecular formula is C40H49N5O9. The predicted octanol–water partition coefficient (Wildman–Crippen LogP) is 3.21. The van der Waals surface area contributed by atoms with E-state index in [0.29, 0.717) is 49.3 Å². The second kappa shape index (κ2) is 19.6. The smallest absolute Gasteiger partial charge is 0.407 e. The first-order chi connectivity index (χ1) is 25.7. The number of ether oxygens (including phenoxy) is 4. The Morgan fingerprint density at radius 2 is 1.63 bits per heavy atom. The number of rotatable bonds is 15. The first kappa shape index (κ1) is 41.3. The second-order valence-electron chi connectivity index (χ2n) is 13.9. The van der Waals surface area contributed by atoms with Crippen LogP contribution in [-0.2, 0) is 47.0 Å². The van der Waals surface area contributed by atoms with Gasteiger partial charge in [-0.05, 0) is 82.9 Å². The van der Waals surface area contributed by atoms with Gasteiger partial charge in [-0.25, -0.2) is 9.59 Å². The second-order valence-corrected chi connectivity index (χ2v) is 13.9. The van der Waals surface area contributed by atoms with Crippen molar-refractivity contribution >= 4 is 34.8 Å². The van der Waals surface area contributed by atoms with Gasteiger partial charge >= 0.3 is 11.8 Å². The van der Waals surface area contributed by atoms with Gasteiger partial charge < -0.3 is 30.0 Å². The minimum absolute atomic E-state index is 0.106. The number of nitrogens with one attached hydrogen (secondary N) is 2. The van der Waals surface area contributed by atoms with Crippen molar-refractivity contribution in [3.63, 3.8) is 0 Å². The van der Waals surface area contributed by atoms with Gasteiger partial charge in [-0.1, -0.05) is 35.8 Å². The lowest BCUT2D eigenvalue weighted by atomic mass is 10.1. The monoisotopic (exact) mass is 743 g/mol. The molecule has 1 fully saturated rings. The molecule has 54 heavy (non-hydrogen) atoms. The number of alkyl carbamates (subject to hydrolysis) is 1. The van der Waals surface area contributed by atoms with Crippen LogP contribution in [0.25, 0.3) is 11.0 Å². The van der Waals surface area contributed by atoms with Crippen molar-refractivity contribution in [3.05, 3.63) is 69.6 Å². The molecule has 14 nitrogen and oxygen atoms in total. The summed E-state index contributed by atoms with van der Waals surface area (Å²) in [6.45, 7) is 8.90. The summed E-state index contributed by atoms with van der Waals surface area (Å²) in [5.74, 6) is 10.8. The van der Waals surface area contributed by atoms with Crippen LogP contribution in [0.15, 0.2) is 47.3 Å². The SMILES string of the molecule is C[C@@H](OCc1ccc(C#CCOCCCOCC#Cc2ccc3c(c2)n(C)c(=O)n3C2CCC(=O)NC2=O)cc1)[C@H](CCC(N)=O)NC(=O)OC(C)(C)C. The predicted molar refractivity (Wildman–Crippen MR) is 201 cm³/mol. The number of amides is 4. The van der Waals surface area contributed by atoms with Crippen LogP contribution in [0.4, 0.5) is 4.79 Å². The Hall–Kier alpha value is -5.41. The zero-order valence-corrected chi connectivity index (χ0v) is 31.5. The fraction of sp³-hybridized carbons (Fsp3) is 0.475. The maximum Gasteiger partial charge on any atom is 0.407 e. The van der Waals surface area contributed by atoms with E-state index in [0.717, 1.165) is 11.1 Å². The number of primary amides is 1. The maximum atomic E-state index is 12.9. The van der Waals surface area contributed by atoms with E-state index in [2.05, 4.69) is 34.3 Å². The number of imidazole rings is 1. The number of aromatic nitrogens is 2. The Bertz CT molecular complexity index is 1990. The summed E-state index contributed by atoms with van der Waals surface area (Å²) < 4.78 is 25.5. The lowest BCUT2D eigenvalue weighted by molar-refractivity contribution is -0.135. The number of piperidine rings is 1. The molecule has 4 rings (SSSR count). The van der Waals surface area contributed by atoms with Gasteiger partial charge in [0.2, 0.25) is 17.7 Å². The number of aryl methyl sites for hydroxylation is 1. The molecule has 1 aliphatic heterocycles. The van der Waals surface area contributed by atoms with Gasteiger partial charge in [0.05, 0.1) is 43.0 Å². The third-order valence-corrected chi connectivity index (χ3v) is 8.44. The van der Waals surface area contributed by atoms with E-state index >= 15 is 0 Å². The standard InChI is InChI=1S/C40H49N5O9/c1-27(31(16-19-35(41)46)42-38(49)54-40(2,3)4)53-26-30-13-11-28(12-14-30)9-6-21-51-23-8-24-52-22-7-10-29-15-17-32-34(25-29)44(5)39(50)45(32)33-18-20-36(47)43-37(33)48/h11-15,17,25,27,31,33H,8,16,18-24,26H2,1-5H3,(H2,41,46)(H,42,49)(H,43,47,48)/t27-,31+,33?/m1/s1. The fourth-order valence-corrected chi connectivity index (χ4v) is 5.67. The summed E-state index contributed by atoms with van der Waals surface area (Å²) in [7, 11) is 1.64. The number of carbonyl (C=O) groups excluding carboxylic acids is 4. The molecule has 0 bridgehead atoms. The van der Waals surface area contributed by atoms with Gasteiger partial charge in [-0.15, -0.1) is 0 Å². The van der Waals surface area contributed by atoms with E-state index < -0.39 is 41.7 Å². The van der Waals surface area contributed by atoms with Gasteiger partial charge in [-0.3, -0.25) is 28.8 Å². The molecule has 1 saturated heterocycles. The molecule has 4 N–H and O–H groups in total. The van der Waals surface area contributed by atoms with Crippen LogP contribution in [0, 0.1) is 23.7 Å². The summed E-state index contributed by atoms with van der Waals surface area (Å²) in [5, 5.41) is 5.10. The molecular weight excluding hydrogens is 694 g/mol. The number of fused-ring (bicyclic) bond motifs is 1. The molecule has 0 radical (unpaired) electrons. The summed E-state index contributed by atoms with van der Waals surface area (Å²) in [6.07, 6.45) is 0.583. The molecule has 1 aliphatic rings. The highest BCUT2D eigenvalue weighted by Crippen LogP contribution is 2.23. The van der Waals surface area contributed by atoms with Crippen LogP contribution in [-0.4, -0.2) is 77.1 Å². The largest absolute Gasteiger partial charge is 0.444 e. The van der Waals surface area contributed by atoms with Gasteiger partial charge in [0.25, 0.3) is 0 Å². The first-order valence-electron chi connectivity index (χ1n) is 17.9. The highest BCUT2D eigenvalue weighted by atomic mass is 16.6. The minimum atomic E-state index is -0.734. The molecule has 0 aliphatic carbocycles. The quantitative estimate of drug-likeness (QED) is 0.120. The van der Waals surface area contributed by atoms with Crippen molar-refractivity contribution in [1.29, 1.82) is 0 Å². The van der Waals surface area contributed by atoms with Crippen LogP contribution in [0.5, 0.6) is 0 Å². The van der Waals surface area contributed by atoms with Crippen molar-refractivity contribution in [2.75, 3.05) is 26.4 Å². The highest BCUT2D eigenvalue weighted by Gasteiger charge is 2.31. The lowest BCUT2D eigenvalue weighted by Crippen LogP contribution is -2.45. The highest BCUT2D eigenvalue weighted by molar-refractivity contribution is 6.00. The van der Waals surface area contributed by atoms with Crippen LogP contribution < -0.4 is 22.1 Å². The zero-order chi connectivity index (χ0) is 39.3. The van der Waals surface area contributed by atoms with Gasteiger partial charge in [-0.2, -0.15) is 0 Å². The summed E-state index contributed by atoms with van der Waals surface area (Å²) in [5.41, 5.74) is 8.05. The van der Waals surface area contributed by atoms with Crippen LogP contribution in [0.2, 0.25) is 0 Å². The zero-order valence-electron chi connectivity index (χ0n) is 31.5. The molecule has 1 aromatic heterocycles. The summed E-state index contributed by atoms with van der Waals surface area (Å²) >= 11 is 0. The Balaban J connectivity index is 1.13. The van der Waals surface area contributed by atoms with Crippen LogP contribution in [0.1, 0.15) is 82.5 Å². The van der Waals surface area contributed by atoms with Crippen molar-refractivity contribution in [1.82, 2.24) is 19.8 Å². The maximum absolute atomic E-state index is 12.9. The van der Waals surface area contributed by atoms with Crippen molar-refractivity contribution in [3.8, 4) is 23.7 Å². The third kappa shape index (κ3) is 12.6. The molecule has 1 unspecified atom stereocenters. The normalized spacial score (nSPS) is 15.3. The molecule has 288 valence electrons. The Kier molecular flexibility index (Phi) is 15.0. The molecule has 2 aromatic carbocycles. The Morgan fingerprint density at radius 3 is 2.26 bits per heavy atom. The summed E-state index contributed by atoms with van der Waals surface area (Å²) in [6, 6.07) is 11.8. The van der Waals surface area contributed by atoms with E-state index in [-0.39, 0.29) is 44.1 Å². The number of carbonyl (C=O) groups is 4. The Morgan fingerprint density at radius 1 is 0.981 bits per heavy atom. The number of hydrogen-bond acceptors (Lipinski definition) is 9. The minimum Gasteiger partial charge on any atom is -0.444 e. The first-order valence-corrected chi connectivity index (χ1v) is 17.9. The van der Waals surface area contributed by atoms with Crippen molar-refractivity contribution in [2.45, 2.75) is 90.2 Å². The molecule has 0 saturated carbocycles. The van der Waals surface area contributed by atoms with Gasteiger partial charge in [0.1, 0.15) is 24.9 Å². The fourth-order valence-electron chi connectivity index (χ4n) is 5.67. The van der Waals surface area contributed by atoms with Gasteiger partial charge in [0.15, 0.2) is 0 Å². The average Bonchev–Trinajstić information content (AvgIpc) is 3.35. The molecule has 3 atom stereocenters. The number of hydrogen-bond donors (Lipinski definition) is 3. The van der Waals surface area contributed by atoms with E-state index in [4.69, 9.17) is 24.7 Å². The van der Waals surface area contributed by atoms with Crippen LogP contribution in [0.3, 0.4) is 0 Å². The number of imide groups is 1. The molecule has 0 spiro atoms. The Labute approximate surface area is 315 Å². The number of nitrogens with two attached hydrogens (primary N) is 1. The van der Waals surface area contributed by atoms with E-state index in [9.17, 15) is 24.0 Å². The topological polar surface area (TPSA) is 182 Å².